The SMILES string of the molecule is Cc1cc(C)cc(-c2ccc(OCCN(C)C)c(/C=C/C(=O)c3ccccc3N)c2)c1. The molecule has 0 aromatic heterocycles. The maximum absolute atomic E-state index is 12.7. The summed E-state index contributed by atoms with van der Waals surface area (Å²) in [6, 6.07) is 19.7. The second-order valence-corrected chi connectivity index (χ2v) is 8.07. The van der Waals surface area contributed by atoms with E-state index in [4.69, 9.17) is 10.5 Å². The van der Waals surface area contributed by atoms with Crippen LogP contribution in [0.1, 0.15) is 27.0 Å². The summed E-state index contributed by atoms with van der Waals surface area (Å²) in [6.07, 6.45) is 3.37. The van der Waals surface area contributed by atoms with Gasteiger partial charge in [0.05, 0.1) is 0 Å². The van der Waals surface area contributed by atoms with Gasteiger partial charge < -0.3 is 15.4 Å². The first kappa shape index (κ1) is 22.3. The lowest BCUT2D eigenvalue weighted by Crippen LogP contribution is -2.19. The van der Waals surface area contributed by atoms with Crippen LogP contribution >= 0.6 is 0 Å². The van der Waals surface area contributed by atoms with Gasteiger partial charge in [-0.3, -0.25) is 4.79 Å². The van der Waals surface area contributed by atoms with Gasteiger partial charge in [-0.1, -0.05) is 47.5 Å². The molecule has 0 saturated carbocycles. The molecule has 0 spiro atoms. The lowest BCUT2D eigenvalue weighted by Gasteiger charge is -2.14. The lowest BCUT2D eigenvalue weighted by molar-refractivity contribution is 0.104. The molecule has 0 bridgehead atoms. The number of allylic oxidation sites excluding steroid dienone is 1. The largest absolute Gasteiger partial charge is 0.492 e. The first-order valence-corrected chi connectivity index (χ1v) is 10.4. The normalized spacial score (nSPS) is 11.3. The number of carbonyl (C=O) groups is 1. The van der Waals surface area contributed by atoms with Crippen molar-refractivity contribution in [2.24, 2.45) is 0 Å². The topological polar surface area (TPSA) is 55.6 Å². The first-order chi connectivity index (χ1) is 14.8. The van der Waals surface area contributed by atoms with Crippen molar-refractivity contribution in [3.63, 3.8) is 0 Å². The van der Waals surface area contributed by atoms with E-state index in [1.165, 1.54) is 11.1 Å². The van der Waals surface area contributed by atoms with Crippen molar-refractivity contribution in [2.75, 3.05) is 33.0 Å². The number of nitrogens with two attached hydrogens (primary N) is 1. The summed E-state index contributed by atoms with van der Waals surface area (Å²) < 4.78 is 6.02. The van der Waals surface area contributed by atoms with Gasteiger partial charge in [-0.2, -0.15) is 0 Å². The Morgan fingerprint density at radius 1 is 0.968 bits per heavy atom. The summed E-state index contributed by atoms with van der Waals surface area (Å²) >= 11 is 0. The maximum Gasteiger partial charge on any atom is 0.187 e. The molecule has 0 atom stereocenters. The molecule has 0 unspecified atom stereocenters. The predicted octanol–water partition coefficient (Wildman–Crippen LogP) is 5.39. The van der Waals surface area contributed by atoms with Crippen molar-refractivity contribution < 1.29 is 9.53 Å². The fraction of sp³-hybridized carbons (Fsp3) is 0.222. The van der Waals surface area contributed by atoms with Gasteiger partial charge in [-0.25, -0.2) is 0 Å². The summed E-state index contributed by atoms with van der Waals surface area (Å²) in [5.74, 6) is 0.620. The number of aryl methyl sites for hydroxylation is 2. The van der Waals surface area contributed by atoms with E-state index < -0.39 is 0 Å². The Morgan fingerprint density at radius 3 is 2.35 bits per heavy atom. The Hall–Kier alpha value is -3.37. The van der Waals surface area contributed by atoms with E-state index in [1.54, 1.807) is 18.2 Å². The molecule has 31 heavy (non-hydrogen) atoms. The fourth-order valence-electron chi connectivity index (χ4n) is 3.45. The molecule has 4 nitrogen and oxygen atoms in total. The third-order valence-corrected chi connectivity index (χ3v) is 5.00. The van der Waals surface area contributed by atoms with Crippen molar-refractivity contribution in [3.05, 3.63) is 89.0 Å². The molecule has 0 saturated heterocycles. The number of rotatable bonds is 8. The molecule has 0 heterocycles. The van der Waals surface area contributed by atoms with Gasteiger partial charge in [0.25, 0.3) is 0 Å². The highest BCUT2D eigenvalue weighted by molar-refractivity contribution is 6.10. The average Bonchev–Trinajstić information content (AvgIpc) is 2.72. The Bertz CT molecular complexity index is 1080. The van der Waals surface area contributed by atoms with Crippen LogP contribution in [0.25, 0.3) is 17.2 Å². The summed E-state index contributed by atoms with van der Waals surface area (Å²) in [6.45, 7) is 5.57. The number of hydrogen-bond donors (Lipinski definition) is 1. The van der Waals surface area contributed by atoms with Crippen LogP contribution in [0.4, 0.5) is 5.69 Å². The number of anilines is 1. The smallest absolute Gasteiger partial charge is 0.187 e. The number of likely N-dealkylation sites (N-methyl/N-ethyl adjacent to an activating group) is 1. The molecule has 0 aliphatic carbocycles. The first-order valence-electron chi connectivity index (χ1n) is 10.4. The van der Waals surface area contributed by atoms with E-state index in [-0.39, 0.29) is 5.78 Å². The van der Waals surface area contributed by atoms with E-state index in [0.29, 0.717) is 17.9 Å². The highest BCUT2D eigenvalue weighted by atomic mass is 16.5. The predicted molar refractivity (Wildman–Crippen MR) is 130 cm³/mol. The van der Waals surface area contributed by atoms with Gasteiger partial charge in [0.2, 0.25) is 0 Å². The van der Waals surface area contributed by atoms with Gasteiger partial charge in [0.15, 0.2) is 5.78 Å². The zero-order valence-corrected chi connectivity index (χ0v) is 18.7. The molecular formula is C27H30N2O2. The minimum Gasteiger partial charge on any atom is -0.492 e. The minimum atomic E-state index is -0.130. The van der Waals surface area contributed by atoms with Crippen LogP contribution in [0.5, 0.6) is 5.75 Å². The van der Waals surface area contributed by atoms with Gasteiger partial charge in [0, 0.05) is 23.4 Å². The highest BCUT2D eigenvalue weighted by Gasteiger charge is 2.09. The molecule has 4 heteroatoms. The molecular weight excluding hydrogens is 384 g/mol. The van der Waals surface area contributed by atoms with Crippen LogP contribution in [0.15, 0.2) is 66.7 Å². The second-order valence-electron chi connectivity index (χ2n) is 8.07. The van der Waals surface area contributed by atoms with Crippen LogP contribution in [-0.2, 0) is 0 Å². The number of para-hydroxylation sites is 1. The summed E-state index contributed by atoms with van der Waals surface area (Å²) in [7, 11) is 4.02. The fourth-order valence-corrected chi connectivity index (χ4v) is 3.45. The molecule has 0 aliphatic heterocycles. The molecule has 2 N–H and O–H groups in total. The molecule has 3 rings (SSSR count). The zero-order chi connectivity index (χ0) is 22.4. The van der Waals surface area contributed by atoms with Crippen LogP contribution in [0.2, 0.25) is 0 Å². The highest BCUT2D eigenvalue weighted by Crippen LogP contribution is 2.29. The summed E-state index contributed by atoms with van der Waals surface area (Å²) in [4.78, 5) is 14.8. The zero-order valence-electron chi connectivity index (χ0n) is 18.7. The third kappa shape index (κ3) is 6.06. The molecule has 3 aromatic carbocycles. The number of nitrogens with zero attached hydrogens (tertiary/aromatic N) is 1. The van der Waals surface area contributed by atoms with Gasteiger partial charge in [-0.15, -0.1) is 0 Å². The number of carbonyl (C=O) groups excluding carboxylic acids is 1. The van der Waals surface area contributed by atoms with Crippen LogP contribution in [0, 0.1) is 13.8 Å². The number of benzene rings is 3. The quantitative estimate of drug-likeness (QED) is 0.305. The molecule has 0 radical (unpaired) electrons. The number of ether oxygens (including phenoxy) is 1. The number of nitrogen functional groups attached to an aromatic ring is 1. The number of ketones is 1. The van der Waals surface area contributed by atoms with Crippen molar-refractivity contribution in [3.8, 4) is 16.9 Å². The third-order valence-electron chi connectivity index (χ3n) is 5.00. The second kappa shape index (κ2) is 10.1. The van der Waals surface area contributed by atoms with E-state index in [9.17, 15) is 4.79 Å². The van der Waals surface area contributed by atoms with E-state index in [2.05, 4.69) is 49.1 Å². The molecule has 0 fully saturated rings. The molecule has 160 valence electrons. The standard InChI is InChI=1S/C27H30N2O2/c1-19-15-20(2)17-23(16-19)21-10-12-27(31-14-13-29(3)4)22(18-21)9-11-26(30)24-7-5-6-8-25(24)28/h5-12,15-18H,13-14,28H2,1-4H3/b11-9+. The summed E-state index contributed by atoms with van der Waals surface area (Å²) in [5.41, 5.74) is 12.5. The minimum absolute atomic E-state index is 0.130. The van der Waals surface area contributed by atoms with Crippen LogP contribution in [-0.4, -0.2) is 37.9 Å². The lowest BCUT2D eigenvalue weighted by atomic mass is 9.98. The van der Waals surface area contributed by atoms with E-state index in [1.807, 2.05) is 38.4 Å². The molecule has 0 amide bonds. The monoisotopic (exact) mass is 414 g/mol. The van der Waals surface area contributed by atoms with Crippen molar-refractivity contribution in [2.45, 2.75) is 13.8 Å². The van der Waals surface area contributed by atoms with Crippen LogP contribution < -0.4 is 10.5 Å². The van der Waals surface area contributed by atoms with Crippen molar-refractivity contribution in [1.82, 2.24) is 4.90 Å². The van der Waals surface area contributed by atoms with E-state index >= 15 is 0 Å². The Morgan fingerprint density at radius 2 is 1.68 bits per heavy atom. The van der Waals surface area contributed by atoms with Crippen molar-refractivity contribution >= 4 is 17.5 Å². The van der Waals surface area contributed by atoms with Gasteiger partial charge in [-0.05, 0) is 75.5 Å². The molecule has 0 aliphatic rings. The number of hydrogen-bond acceptors (Lipinski definition) is 4. The van der Waals surface area contributed by atoms with Gasteiger partial charge in [0.1, 0.15) is 12.4 Å². The Balaban J connectivity index is 1.95. The summed E-state index contributed by atoms with van der Waals surface area (Å²) in [5, 5.41) is 0. The van der Waals surface area contributed by atoms with Gasteiger partial charge >= 0.3 is 0 Å². The average molecular weight is 415 g/mol. The Kier molecular flexibility index (Phi) is 7.27. The maximum atomic E-state index is 12.7. The van der Waals surface area contributed by atoms with Crippen LogP contribution in [0.3, 0.4) is 0 Å². The molecule has 3 aromatic rings. The Labute approximate surface area is 185 Å². The van der Waals surface area contributed by atoms with E-state index in [0.717, 1.165) is 29.0 Å². The van der Waals surface area contributed by atoms with Crippen molar-refractivity contribution in [1.29, 1.82) is 0 Å².